The average Bonchev–Trinajstić information content (AvgIpc) is 2.90. The summed E-state index contributed by atoms with van der Waals surface area (Å²) in [5.74, 6) is -1.74. The predicted molar refractivity (Wildman–Crippen MR) is 86.1 cm³/mol. The smallest absolute Gasteiger partial charge is 0.335 e. The van der Waals surface area contributed by atoms with Gasteiger partial charge in [0, 0.05) is 0 Å². The molecule has 1 aromatic carbocycles. The molecule has 0 amide bonds. The number of nitrogens with one attached hydrogen (secondary N) is 1. The zero-order chi connectivity index (χ0) is 19.0. The molecule has 0 radical (unpaired) electrons. The van der Waals surface area contributed by atoms with Crippen LogP contribution in [0.5, 0.6) is 5.75 Å². The maximum atomic E-state index is 12.6. The van der Waals surface area contributed by atoms with Gasteiger partial charge < -0.3 is 29.9 Å². The minimum atomic E-state index is -1.84. The molecule has 1 aliphatic rings. The molecule has 10 heteroatoms. The van der Waals surface area contributed by atoms with E-state index in [-0.39, 0.29) is 5.75 Å². The Kier molecular flexibility index (Phi) is 4.83. The fourth-order valence-electron chi connectivity index (χ4n) is 2.69. The van der Waals surface area contributed by atoms with Gasteiger partial charge in [-0.1, -0.05) is 18.2 Å². The maximum Gasteiger partial charge on any atom is 0.335 e. The number of hydrogen-bond donors (Lipinski definition) is 5. The molecular formula is C16H18N2O8. The zero-order valence-electron chi connectivity index (χ0n) is 13.6. The van der Waals surface area contributed by atoms with Crippen LogP contribution >= 0.6 is 0 Å². The minimum absolute atomic E-state index is 0.203. The van der Waals surface area contributed by atoms with Crippen LogP contribution in [0, 0.1) is 6.92 Å². The average molecular weight is 366 g/mol. The number of nitrogens with zero attached hydrogens (tertiary/aromatic N) is 1. The molecule has 2 aromatic rings. The molecule has 0 spiro atoms. The lowest BCUT2D eigenvalue weighted by Crippen LogP contribution is -2.61. The van der Waals surface area contributed by atoms with Crippen LogP contribution in [0.3, 0.4) is 0 Å². The number of carboxylic acids is 1. The number of H-pyrrole nitrogens is 1. The number of rotatable bonds is 4. The van der Waals surface area contributed by atoms with Crippen LogP contribution in [-0.2, 0) is 9.53 Å². The van der Waals surface area contributed by atoms with Gasteiger partial charge in [0.1, 0.15) is 18.3 Å². The molecule has 10 nitrogen and oxygen atoms in total. The van der Waals surface area contributed by atoms with Gasteiger partial charge in [-0.05, 0) is 19.1 Å². The summed E-state index contributed by atoms with van der Waals surface area (Å²) in [6, 6.07) is 8.64. The Hall–Kier alpha value is -2.66. The van der Waals surface area contributed by atoms with Crippen molar-refractivity contribution in [1.29, 1.82) is 0 Å². The second-order valence-corrected chi connectivity index (χ2v) is 5.89. The molecule has 26 heavy (non-hydrogen) atoms. The second-order valence-electron chi connectivity index (χ2n) is 5.89. The van der Waals surface area contributed by atoms with E-state index < -0.39 is 42.2 Å². The number of carbonyl (C=O) groups is 1. The Balaban J connectivity index is 1.90. The van der Waals surface area contributed by atoms with Gasteiger partial charge in [0.15, 0.2) is 6.10 Å². The molecule has 0 saturated carbocycles. The molecule has 140 valence electrons. The zero-order valence-corrected chi connectivity index (χ0v) is 13.6. The highest BCUT2D eigenvalue weighted by Crippen LogP contribution is 2.24. The van der Waals surface area contributed by atoms with Crippen molar-refractivity contribution in [1.82, 2.24) is 9.78 Å². The van der Waals surface area contributed by atoms with Crippen molar-refractivity contribution < 1.29 is 34.7 Å². The third kappa shape index (κ3) is 3.10. The van der Waals surface area contributed by atoms with E-state index in [9.17, 15) is 24.9 Å². The van der Waals surface area contributed by atoms with E-state index in [4.69, 9.17) is 14.6 Å². The quantitative estimate of drug-likeness (QED) is 0.449. The molecule has 1 aliphatic heterocycles. The molecule has 1 fully saturated rings. The Morgan fingerprint density at radius 2 is 1.81 bits per heavy atom. The molecule has 1 saturated heterocycles. The van der Waals surface area contributed by atoms with Crippen molar-refractivity contribution >= 4 is 5.97 Å². The summed E-state index contributed by atoms with van der Waals surface area (Å²) in [4.78, 5) is 23.7. The fourth-order valence-corrected chi connectivity index (χ4v) is 2.69. The molecule has 1 aromatic heterocycles. The molecule has 5 N–H and O–H groups in total. The minimum Gasteiger partial charge on any atom is -0.479 e. The number of ether oxygens (including phenoxy) is 2. The number of aliphatic carboxylic acids is 1. The van der Waals surface area contributed by atoms with Crippen LogP contribution in [0.15, 0.2) is 35.1 Å². The molecule has 3 rings (SSSR count). The standard InChI is InChI=1S/C16H18N2O8/c1-7-12(14(22)18(17-7)8-5-3-2-4-6-8)25-16-11(21)9(19)10(20)13(26-16)15(23)24/h2-6,9-11,13,16-17,19-21H,1H3,(H,23,24). The lowest BCUT2D eigenvalue weighted by Gasteiger charge is -2.38. The number of aliphatic hydroxyl groups excluding tert-OH is 3. The highest BCUT2D eigenvalue weighted by molar-refractivity contribution is 5.73. The number of benzene rings is 1. The number of aryl methyl sites for hydroxylation is 1. The number of para-hydroxylation sites is 1. The van der Waals surface area contributed by atoms with E-state index in [1.54, 1.807) is 37.3 Å². The van der Waals surface area contributed by atoms with E-state index in [0.29, 0.717) is 11.4 Å². The van der Waals surface area contributed by atoms with Gasteiger partial charge in [-0.25, -0.2) is 9.48 Å². The lowest BCUT2D eigenvalue weighted by molar-refractivity contribution is -0.271. The summed E-state index contributed by atoms with van der Waals surface area (Å²) in [7, 11) is 0. The van der Waals surface area contributed by atoms with Gasteiger partial charge in [-0.3, -0.25) is 9.89 Å². The largest absolute Gasteiger partial charge is 0.479 e. The second kappa shape index (κ2) is 6.92. The highest BCUT2D eigenvalue weighted by Gasteiger charge is 2.48. The van der Waals surface area contributed by atoms with Crippen molar-refractivity contribution in [3.05, 3.63) is 46.4 Å². The summed E-state index contributed by atoms with van der Waals surface area (Å²) in [6.45, 7) is 1.55. The first-order valence-electron chi connectivity index (χ1n) is 7.77. The number of hydrogen-bond acceptors (Lipinski definition) is 7. The normalized spacial score (nSPS) is 28.7. The number of aromatic nitrogens is 2. The van der Waals surface area contributed by atoms with Crippen LogP contribution < -0.4 is 10.3 Å². The fraction of sp³-hybridized carbons (Fsp3) is 0.375. The molecule has 2 heterocycles. The van der Waals surface area contributed by atoms with Gasteiger partial charge in [-0.15, -0.1) is 0 Å². The van der Waals surface area contributed by atoms with Gasteiger partial charge in [0.25, 0.3) is 0 Å². The van der Waals surface area contributed by atoms with Crippen molar-refractivity contribution in [2.24, 2.45) is 0 Å². The van der Waals surface area contributed by atoms with Crippen LogP contribution in [0.2, 0.25) is 0 Å². The van der Waals surface area contributed by atoms with E-state index in [0.717, 1.165) is 0 Å². The van der Waals surface area contributed by atoms with E-state index in [1.165, 1.54) is 4.68 Å². The van der Waals surface area contributed by atoms with Gasteiger partial charge >= 0.3 is 11.5 Å². The topological polar surface area (TPSA) is 154 Å². The molecule has 0 bridgehead atoms. The van der Waals surface area contributed by atoms with Crippen molar-refractivity contribution in [3.63, 3.8) is 0 Å². The summed E-state index contributed by atoms with van der Waals surface area (Å²) in [5.41, 5.74) is 0.263. The number of aromatic amines is 1. The van der Waals surface area contributed by atoms with Gasteiger partial charge in [-0.2, -0.15) is 0 Å². The lowest BCUT2D eigenvalue weighted by atomic mass is 9.99. The first kappa shape index (κ1) is 18.1. The molecular weight excluding hydrogens is 348 g/mol. The molecule has 5 unspecified atom stereocenters. The first-order valence-corrected chi connectivity index (χ1v) is 7.77. The SMILES string of the molecule is Cc1[nH]n(-c2ccccc2)c(=O)c1OC1OC(C(=O)O)C(O)C(O)C1O. The van der Waals surface area contributed by atoms with Gasteiger partial charge in [0.2, 0.25) is 12.0 Å². The Morgan fingerprint density at radius 1 is 1.15 bits per heavy atom. The summed E-state index contributed by atoms with van der Waals surface area (Å²) in [6.07, 6.45) is -8.87. The van der Waals surface area contributed by atoms with E-state index >= 15 is 0 Å². The van der Waals surface area contributed by atoms with Crippen LogP contribution in [-0.4, -0.2) is 66.9 Å². The highest BCUT2D eigenvalue weighted by atomic mass is 16.7. The third-order valence-corrected chi connectivity index (χ3v) is 4.08. The first-order chi connectivity index (χ1) is 12.3. The van der Waals surface area contributed by atoms with Crippen molar-refractivity contribution in [2.75, 3.05) is 0 Å². The third-order valence-electron chi connectivity index (χ3n) is 4.08. The van der Waals surface area contributed by atoms with Crippen LogP contribution in [0.4, 0.5) is 0 Å². The van der Waals surface area contributed by atoms with E-state index in [2.05, 4.69) is 5.10 Å². The summed E-state index contributed by atoms with van der Waals surface area (Å²) >= 11 is 0. The summed E-state index contributed by atoms with van der Waals surface area (Å²) < 4.78 is 11.6. The number of aliphatic hydroxyl groups is 3. The predicted octanol–water partition coefficient (Wildman–Crippen LogP) is -1.25. The summed E-state index contributed by atoms with van der Waals surface area (Å²) in [5, 5.41) is 41.4. The molecule has 5 atom stereocenters. The van der Waals surface area contributed by atoms with Crippen LogP contribution in [0.1, 0.15) is 5.69 Å². The Labute approximate surface area is 146 Å². The Morgan fingerprint density at radius 3 is 2.42 bits per heavy atom. The van der Waals surface area contributed by atoms with E-state index in [1.807, 2.05) is 0 Å². The van der Waals surface area contributed by atoms with Crippen LogP contribution in [0.25, 0.3) is 5.69 Å². The molecule has 0 aliphatic carbocycles. The van der Waals surface area contributed by atoms with Gasteiger partial charge in [0.05, 0.1) is 11.4 Å². The maximum absolute atomic E-state index is 12.6. The number of carboxylic acid groups (broad SMARTS) is 1. The van der Waals surface area contributed by atoms with Crippen molar-refractivity contribution in [2.45, 2.75) is 37.6 Å². The van der Waals surface area contributed by atoms with Crippen molar-refractivity contribution in [3.8, 4) is 11.4 Å². The Bertz CT molecular complexity index is 846. The monoisotopic (exact) mass is 366 g/mol.